The van der Waals surface area contributed by atoms with Crippen LogP contribution >= 0.6 is 24.0 Å². The first-order chi connectivity index (χ1) is 12.6. The SMILES string of the molecule is CN=C(NCC(c1ccc(C)o1)N1CCOCC1)NCC1(C)CCCO1.I. The van der Waals surface area contributed by atoms with E-state index in [9.17, 15) is 0 Å². The molecule has 2 aliphatic rings. The summed E-state index contributed by atoms with van der Waals surface area (Å²) in [4.78, 5) is 6.77. The Kier molecular flexibility index (Phi) is 8.84. The van der Waals surface area contributed by atoms with Crippen LogP contribution in [0.3, 0.4) is 0 Å². The molecular formula is C19H33IN4O3. The second-order valence-corrected chi connectivity index (χ2v) is 7.32. The van der Waals surface area contributed by atoms with E-state index in [1.807, 2.05) is 13.0 Å². The van der Waals surface area contributed by atoms with Crippen molar-refractivity contribution >= 4 is 29.9 Å². The Bertz CT molecular complexity index is 596. The number of halogens is 1. The summed E-state index contributed by atoms with van der Waals surface area (Å²) in [5, 5.41) is 6.86. The predicted octanol–water partition coefficient (Wildman–Crippen LogP) is 2.31. The fourth-order valence-electron chi connectivity index (χ4n) is 3.59. The van der Waals surface area contributed by atoms with Crippen molar-refractivity contribution < 1.29 is 13.9 Å². The van der Waals surface area contributed by atoms with E-state index in [0.29, 0.717) is 0 Å². The van der Waals surface area contributed by atoms with E-state index < -0.39 is 0 Å². The molecule has 0 spiro atoms. The van der Waals surface area contributed by atoms with Gasteiger partial charge in [0.15, 0.2) is 5.96 Å². The minimum absolute atomic E-state index is 0. The average molecular weight is 492 g/mol. The minimum atomic E-state index is -0.0979. The van der Waals surface area contributed by atoms with Gasteiger partial charge < -0.3 is 24.5 Å². The van der Waals surface area contributed by atoms with Gasteiger partial charge in [0.1, 0.15) is 11.5 Å². The number of guanidine groups is 1. The van der Waals surface area contributed by atoms with Crippen molar-refractivity contribution in [3.8, 4) is 0 Å². The first kappa shape index (κ1) is 22.4. The van der Waals surface area contributed by atoms with Crippen molar-refractivity contribution in [2.75, 3.05) is 53.0 Å². The predicted molar refractivity (Wildman–Crippen MR) is 117 cm³/mol. The molecule has 3 rings (SSSR count). The van der Waals surface area contributed by atoms with Crippen LogP contribution in [-0.4, -0.2) is 69.5 Å². The summed E-state index contributed by atoms with van der Waals surface area (Å²) in [6, 6.07) is 4.25. The van der Waals surface area contributed by atoms with E-state index >= 15 is 0 Å². The monoisotopic (exact) mass is 492 g/mol. The lowest BCUT2D eigenvalue weighted by Gasteiger charge is -2.34. The van der Waals surface area contributed by atoms with E-state index in [1.54, 1.807) is 7.05 Å². The highest BCUT2D eigenvalue weighted by atomic mass is 127. The molecular weight excluding hydrogens is 459 g/mol. The van der Waals surface area contributed by atoms with Crippen LogP contribution in [0.5, 0.6) is 0 Å². The highest BCUT2D eigenvalue weighted by Crippen LogP contribution is 2.24. The second-order valence-electron chi connectivity index (χ2n) is 7.32. The molecule has 2 unspecified atom stereocenters. The summed E-state index contributed by atoms with van der Waals surface area (Å²) in [6.07, 6.45) is 2.21. The molecule has 0 aliphatic carbocycles. The highest BCUT2D eigenvalue weighted by molar-refractivity contribution is 14.0. The number of ether oxygens (including phenoxy) is 2. The number of morpholine rings is 1. The lowest BCUT2D eigenvalue weighted by molar-refractivity contribution is 0.0122. The van der Waals surface area contributed by atoms with E-state index in [-0.39, 0.29) is 35.6 Å². The van der Waals surface area contributed by atoms with Gasteiger partial charge in [-0.2, -0.15) is 0 Å². The van der Waals surface area contributed by atoms with Gasteiger partial charge in [0, 0.05) is 39.8 Å². The molecule has 0 amide bonds. The molecule has 0 bridgehead atoms. The molecule has 2 saturated heterocycles. The molecule has 1 aromatic rings. The van der Waals surface area contributed by atoms with Crippen LogP contribution in [0.1, 0.15) is 37.3 Å². The van der Waals surface area contributed by atoms with Gasteiger partial charge in [0.25, 0.3) is 0 Å². The smallest absolute Gasteiger partial charge is 0.191 e. The van der Waals surface area contributed by atoms with Gasteiger partial charge in [-0.05, 0) is 38.8 Å². The number of aryl methyl sites for hydroxylation is 1. The van der Waals surface area contributed by atoms with Gasteiger partial charge in [-0.15, -0.1) is 24.0 Å². The number of hydrogen-bond donors (Lipinski definition) is 2. The van der Waals surface area contributed by atoms with Crippen LogP contribution in [0.15, 0.2) is 21.5 Å². The van der Waals surface area contributed by atoms with Crippen molar-refractivity contribution in [1.29, 1.82) is 0 Å². The quantitative estimate of drug-likeness (QED) is 0.361. The third kappa shape index (κ3) is 6.33. The number of rotatable bonds is 6. The molecule has 2 N–H and O–H groups in total. The number of hydrogen-bond acceptors (Lipinski definition) is 5. The fraction of sp³-hybridized carbons (Fsp3) is 0.737. The Morgan fingerprint density at radius 3 is 2.63 bits per heavy atom. The summed E-state index contributed by atoms with van der Waals surface area (Å²) in [6.45, 7) is 9.81. The summed E-state index contributed by atoms with van der Waals surface area (Å²) in [5.41, 5.74) is -0.0979. The number of aliphatic imine (C=N–C) groups is 1. The van der Waals surface area contributed by atoms with Crippen molar-refractivity contribution in [3.05, 3.63) is 23.7 Å². The molecule has 0 radical (unpaired) electrons. The van der Waals surface area contributed by atoms with Crippen molar-refractivity contribution in [2.24, 2.45) is 4.99 Å². The van der Waals surface area contributed by atoms with Gasteiger partial charge in [0.05, 0.1) is 24.9 Å². The number of nitrogens with zero attached hydrogens (tertiary/aromatic N) is 2. The second kappa shape index (κ2) is 10.6. The van der Waals surface area contributed by atoms with Crippen LogP contribution < -0.4 is 10.6 Å². The molecule has 0 saturated carbocycles. The maximum absolute atomic E-state index is 5.92. The standard InChI is InChI=1S/C19H32N4O3.HI/c1-15-5-6-17(26-15)16(23-8-11-24-12-9-23)13-21-18(20-3)22-14-19(2)7-4-10-25-19;/h5-6,16H,4,7-14H2,1-3H3,(H2,20,21,22);1H. The van der Waals surface area contributed by atoms with E-state index in [4.69, 9.17) is 13.9 Å². The fourth-order valence-corrected chi connectivity index (χ4v) is 3.59. The topological polar surface area (TPSA) is 71.3 Å². The van der Waals surface area contributed by atoms with Crippen molar-refractivity contribution in [2.45, 2.75) is 38.3 Å². The summed E-state index contributed by atoms with van der Waals surface area (Å²) >= 11 is 0. The molecule has 154 valence electrons. The Morgan fingerprint density at radius 2 is 2.04 bits per heavy atom. The zero-order valence-electron chi connectivity index (χ0n) is 16.6. The third-order valence-electron chi connectivity index (χ3n) is 5.19. The van der Waals surface area contributed by atoms with E-state index in [1.165, 1.54) is 0 Å². The van der Waals surface area contributed by atoms with Crippen molar-refractivity contribution in [1.82, 2.24) is 15.5 Å². The van der Waals surface area contributed by atoms with Gasteiger partial charge in [-0.1, -0.05) is 0 Å². The first-order valence-electron chi connectivity index (χ1n) is 9.56. The van der Waals surface area contributed by atoms with Crippen LogP contribution in [0.4, 0.5) is 0 Å². The maximum Gasteiger partial charge on any atom is 0.191 e. The summed E-state index contributed by atoms with van der Waals surface area (Å²) in [5.74, 6) is 2.72. The molecule has 3 heterocycles. The van der Waals surface area contributed by atoms with E-state index in [2.05, 4.69) is 33.5 Å². The molecule has 1 aromatic heterocycles. The Labute approximate surface area is 179 Å². The molecule has 27 heavy (non-hydrogen) atoms. The molecule has 0 aromatic carbocycles. The minimum Gasteiger partial charge on any atom is -0.465 e. The third-order valence-corrected chi connectivity index (χ3v) is 5.19. The molecule has 2 aliphatic heterocycles. The maximum atomic E-state index is 5.92. The van der Waals surface area contributed by atoms with Crippen LogP contribution in [0.2, 0.25) is 0 Å². The zero-order valence-corrected chi connectivity index (χ0v) is 19.0. The largest absolute Gasteiger partial charge is 0.465 e. The summed E-state index contributed by atoms with van der Waals surface area (Å²) in [7, 11) is 1.80. The van der Waals surface area contributed by atoms with E-state index in [0.717, 1.165) is 76.3 Å². The Balaban J connectivity index is 0.00000261. The number of furan rings is 1. The number of nitrogens with one attached hydrogen (secondary N) is 2. The lowest BCUT2D eigenvalue weighted by atomic mass is 10.0. The van der Waals surface area contributed by atoms with Gasteiger partial charge >= 0.3 is 0 Å². The van der Waals surface area contributed by atoms with Crippen molar-refractivity contribution in [3.63, 3.8) is 0 Å². The van der Waals surface area contributed by atoms with Crippen LogP contribution in [0, 0.1) is 6.92 Å². The van der Waals surface area contributed by atoms with Gasteiger partial charge in [-0.25, -0.2) is 0 Å². The summed E-state index contributed by atoms with van der Waals surface area (Å²) < 4.78 is 17.3. The van der Waals surface area contributed by atoms with Gasteiger partial charge in [0.2, 0.25) is 0 Å². The molecule has 2 atom stereocenters. The Morgan fingerprint density at radius 1 is 1.26 bits per heavy atom. The molecule has 2 fully saturated rings. The van der Waals surface area contributed by atoms with Crippen LogP contribution in [-0.2, 0) is 9.47 Å². The molecule has 8 heteroatoms. The highest BCUT2D eigenvalue weighted by Gasteiger charge is 2.30. The molecule has 7 nitrogen and oxygen atoms in total. The first-order valence-corrected chi connectivity index (χ1v) is 9.56. The van der Waals surface area contributed by atoms with Crippen LogP contribution in [0.25, 0.3) is 0 Å². The van der Waals surface area contributed by atoms with Gasteiger partial charge in [-0.3, -0.25) is 9.89 Å². The average Bonchev–Trinajstić information content (AvgIpc) is 3.28. The Hall–Kier alpha value is -0.840. The normalized spacial score (nSPS) is 25.1. The lowest BCUT2D eigenvalue weighted by Crippen LogP contribution is -2.49. The zero-order chi connectivity index (χ0) is 18.4.